The van der Waals surface area contributed by atoms with Gasteiger partial charge in [0.2, 0.25) is 0 Å². The van der Waals surface area contributed by atoms with Crippen LogP contribution in [0.5, 0.6) is 0 Å². The number of rotatable bonds is 4. The first-order valence-corrected chi connectivity index (χ1v) is 11.4. The summed E-state index contributed by atoms with van der Waals surface area (Å²) in [6.07, 6.45) is 0. The van der Waals surface area contributed by atoms with E-state index in [1.165, 1.54) is 26.8 Å². The Morgan fingerprint density at radius 2 is 0.964 bits per heavy atom. The highest BCUT2D eigenvalue weighted by atomic mass is 31.2. The fraction of sp³-hybridized carbons (Fsp3) is 0.0769. The van der Waals surface area contributed by atoms with Crippen LogP contribution in [0.4, 0.5) is 5.69 Å². The normalized spacial score (nSPS) is 11.4. The lowest BCUT2D eigenvalue weighted by molar-refractivity contribution is 1.40. The van der Waals surface area contributed by atoms with Crippen LogP contribution in [0, 0.1) is 13.8 Å². The minimum absolute atomic E-state index is 0.899. The Morgan fingerprint density at radius 3 is 1.36 bits per heavy atom. The maximum atomic E-state index is 6.78. The van der Waals surface area contributed by atoms with Gasteiger partial charge < -0.3 is 5.73 Å². The molecule has 0 bridgehead atoms. The molecule has 4 rings (SSSR count). The molecule has 0 spiro atoms. The molecule has 0 radical (unpaired) electrons. The van der Waals surface area contributed by atoms with Gasteiger partial charge in [0.25, 0.3) is 0 Å². The average molecular weight is 382 g/mol. The van der Waals surface area contributed by atoms with Crippen LogP contribution in [-0.4, -0.2) is 0 Å². The van der Waals surface area contributed by atoms with Gasteiger partial charge in [0, 0.05) is 0 Å². The number of hydrogen-bond acceptors (Lipinski definition) is 1. The fourth-order valence-electron chi connectivity index (χ4n) is 4.05. The van der Waals surface area contributed by atoms with E-state index in [0.29, 0.717) is 0 Å². The van der Waals surface area contributed by atoms with Crippen LogP contribution in [0.25, 0.3) is 0 Å². The molecule has 28 heavy (non-hydrogen) atoms. The summed E-state index contributed by atoms with van der Waals surface area (Å²) in [7, 11) is -2.12. The third kappa shape index (κ3) is 3.03. The predicted molar refractivity (Wildman–Crippen MR) is 125 cm³/mol. The topological polar surface area (TPSA) is 26.0 Å². The van der Waals surface area contributed by atoms with Crippen molar-refractivity contribution in [3.05, 3.63) is 114 Å². The van der Waals surface area contributed by atoms with E-state index in [-0.39, 0.29) is 0 Å². The number of benzene rings is 4. The van der Waals surface area contributed by atoms with Gasteiger partial charge in [-0.3, -0.25) is 0 Å². The van der Waals surface area contributed by atoms with E-state index < -0.39 is 7.26 Å². The minimum atomic E-state index is -2.12. The molecule has 0 heterocycles. The third-order valence-corrected chi connectivity index (χ3v) is 9.61. The number of nitrogens with two attached hydrogens (primary N) is 1. The van der Waals surface area contributed by atoms with Crippen molar-refractivity contribution in [1.29, 1.82) is 0 Å². The number of hydrogen-bond donors (Lipinski definition) is 1. The first-order chi connectivity index (χ1) is 13.6. The van der Waals surface area contributed by atoms with Crippen LogP contribution in [0.2, 0.25) is 0 Å². The van der Waals surface area contributed by atoms with Crippen molar-refractivity contribution in [2.75, 3.05) is 5.73 Å². The van der Waals surface area contributed by atoms with Gasteiger partial charge in [0.15, 0.2) is 0 Å². The standard InChI is InChI=1S/C26H25NP/c1-20-18-21(2)26(27)25(19-20)28(22-12-6-3-7-13-22,23-14-8-4-9-15-23)24-16-10-5-11-17-24/h3-19H,27H2,1-2H3/q+1. The SMILES string of the molecule is Cc1cc(C)c(N)c([P+](c2ccccc2)(c2ccccc2)c2ccccc2)c1. The van der Waals surface area contributed by atoms with Gasteiger partial charge in [0.05, 0.1) is 5.69 Å². The minimum Gasteiger partial charge on any atom is -0.395 e. The molecule has 0 atom stereocenters. The predicted octanol–water partition coefficient (Wildman–Crippen LogP) is 4.51. The lowest BCUT2D eigenvalue weighted by Crippen LogP contribution is -2.40. The molecule has 0 fully saturated rings. The highest BCUT2D eigenvalue weighted by Crippen LogP contribution is 2.55. The molecule has 0 amide bonds. The van der Waals surface area contributed by atoms with Crippen molar-refractivity contribution in [3.63, 3.8) is 0 Å². The zero-order valence-electron chi connectivity index (χ0n) is 16.3. The summed E-state index contributed by atoms with van der Waals surface area (Å²) in [5.74, 6) is 0. The molecular formula is C26H25NP+. The Bertz CT molecular complexity index is 977. The van der Waals surface area contributed by atoms with E-state index in [2.05, 4.69) is 117 Å². The summed E-state index contributed by atoms with van der Waals surface area (Å²) in [5.41, 5.74) is 10.1. The van der Waals surface area contributed by atoms with Gasteiger partial charge in [-0.25, -0.2) is 0 Å². The lowest BCUT2D eigenvalue weighted by Gasteiger charge is -2.29. The van der Waals surface area contributed by atoms with Gasteiger partial charge in [-0.2, -0.15) is 0 Å². The Kier molecular flexibility index (Phi) is 5.03. The van der Waals surface area contributed by atoms with Crippen LogP contribution in [-0.2, 0) is 0 Å². The van der Waals surface area contributed by atoms with E-state index in [9.17, 15) is 0 Å². The highest BCUT2D eigenvalue weighted by molar-refractivity contribution is 8.01. The average Bonchev–Trinajstić information content (AvgIpc) is 2.74. The Morgan fingerprint density at radius 1 is 0.571 bits per heavy atom. The molecule has 0 aromatic heterocycles. The summed E-state index contributed by atoms with van der Waals surface area (Å²) < 4.78 is 0. The molecule has 0 saturated carbocycles. The monoisotopic (exact) mass is 382 g/mol. The maximum Gasteiger partial charge on any atom is 0.146 e. The first kappa shape index (κ1) is 18.5. The van der Waals surface area contributed by atoms with Crippen molar-refractivity contribution < 1.29 is 0 Å². The molecule has 0 unspecified atom stereocenters. The maximum absolute atomic E-state index is 6.78. The highest BCUT2D eigenvalue weighted by Gasteiger charge is 2.49. The fourth-order valence-corrected chi connectivity index (χ4v) is 8.58. The van der Waals surface area contributed by atoms with E-state index in [1.54, 1.807) is 0 Å². The van der Waals surface area contributed by atoms with Gasteiger partial charge >= 0.3 is 0 Å². The molecule has 0 saturated heterocycles. The van der Waals surface area contributed by atoms with Crippen molar-refractivity contribution in [1.82, 2.24) is 0 Å². The second-order valence-electron chi connectivity index (χ2n) is 7.19. The van der Waals surface area contributed by atoms with Crippen LogP contribution in [0.3, 0.4) is 0 Å². The van der Waals surface area contributed by atoms with Crippen LogP contribution >= 0.6 is 7.26 Å². The third-order valence-electron chi connectivity index (χ3n) is 5.30. The van der Waals surface area contributed by atoms with Crippen LogP contribution in [0.1, 0.15) is 11.1 Å². The lowest BCUT2D eigenvalue weighted by atomic mass is 10.1. The van der Waals surface area contributed by atoms with Crippen LogP contribution < -0.4 is 27.0 Å². The number of anilines is 1. The molecule has 4 aromatic carbocycles. The molecule has 1 nitrogen and oxygen atoms in total. The Labute approximate surface area is 168 Å². The van der Waals surface area contributed by atoms with E-state index >= 15 is 0 Å². The smallest absolute Gasteiger partial charge is 0.146 e. The Hall–Kier alpha value is -2.89. The number of aryl methyl sites for hydroxylation is 2. The zero-order valence-corrected chi connectivity index (χ0v) is 17.2. The first-order valence-electron chi connectivity index (χ1n) is 9.57. The molecule has 4 aromatic rings. The molecule has 0 aliphatic heterocycles. The molecule has 0 aliphatic rings. The van der Waals surface area contributed by atoms with Gasteiger partial charge in [-0.1, -0.05) is 60.7 Å². The molecule has 0 aliphatic carbocycles. The Balaban J connectivity index is 2.21. The van der Waals surface area contributed by atoms with Crippen molar-refractivity contribution >= 4 is 34.2 Å². The summed E-state index contributed by atoms with van der Waals surface area (Å²) in [6.45, 7) is 4.27. The summed E-state index contributed by atoms with van der Waals surface area (Å²) in [4.78, 5) is 0. The van der Waals surface area contributed by atoms with Crippen molar-refractivity contribution in [3.8, 4) is 0 Å². The van der Waals surface area contributed by atoms with E-state index in [0.717, 1.165) is 11.3 Å². The molecule has 138 valence electrons. The van der Waals surface area contributed by atoms with Gasteiger partial charge in [-0.05, 0) is 67.4 Å². The second kappa shape index (κ2) is 7.62. The molecule has 2 N–H and O–H groups in total. The summed E-state index contributed by atoms with van der Waals surface area (Å²) in [5, 5.41) is 5.21. The summed E-state index contributed by atoms with van der Waals surface area (Å²) >= 11 is 0. The van der Waals surface area contributed by atoms with E-state index in [1.807, 2.05) is 0 Å². The number of nitrogen functional groups attached to an aromatic ring is 1. The van der Waals surface area contributed by atoms with Gasteiger partial charge in [-0.15, -0.1) is 0 Å². The van der Waals surface area contributed by atoms with E-state index in [4.69, 9.17) is 5.73 Å². The largest absolute Gasteiger partial charge is 0.395 e. The van der Waals surface area contributed by atoms with Gasteiger partial charge in [0.1, 0.15) is 28.5 Å². The molecular weight excluding hydrogens is 357 g/mol. The second-order valence-corrected chi connectivity index (χ2v) is 10.6. The molecule has 2 heteroatoms. The van der Waals surface area contributed by atoms with Crippen molar-refractivity contribution in [2.24, 2.45) is 0 Å². The zero-order chi connectivity index (χ0) is 19.6. The van der Waals surface area contributed by atoms with Crippen molar-refractivity contribution in [2.45, 2.75) is 13.8 Å². The summed E-state index contributed by atoms with van der Waals surface area (Å²) in [6, 6.07) is 37.0. The quantitative estimate of drug-likeness (QED) is 0.408. The van der Waals surface area contributed by atoms with Crippen LogP contribution in [0.15, 0.2) is 103 Å².